The molecule has 0 unspecified atom stereocenters. The number of carbonyl (C=O) groups is 3. The van der Waals surface area contributed by atoms with Crippen molar-refractivity contribution in [2.45, 2.75) is 27.2 Å². The van der Waals surface area contributed by atoms with Crippen molar-refractivity contribution in [3.05, 3.63) is 89.0 Å². The van der Waals surface area contributed by atoms with Gasteiger partial charge in [-0.2, -0.15) is 5.10 Å². The monoisotopic (exact) mass is 472 g/mol. The van der Waals surface area contributed by atoms with Gasteiger partial charge in [0.05, 0.1) is 6.21 Å². The van der Waals surface area contributed by atoms with E-state index >= 15 is 0 Å². The van der Waals surface area contributed by atoms with Gasteiger partial charge < -0.3 is 15.4 Å². The summed E-state index contributed by atoms with van der Waals surface area (Å²) in [7, 11) is 0. The number of amides is 3. The Morgan fingerprint density at radius 1 is 0.857 bits per heavy atom. The van der Waals surface area contributed by atoms with Gasteiger partial charge in [0.15, 0.2) is 6.61 Å². The molecule has 0 spiro atoms. The van der Waals surface area contributed by atoms with Crippen molar-refractivity contribution in [2.24, 2.45) is 5.10 Å². The maximum atomic E-state index is 12.3. The van der Waals surface area contributed by atoms with E-state index in [1.165, 1.54) is 11.8 Å². The second-order valence-electron chi connectivity index (χ2n) is 7.85. The van der Waals surface area contributed by atoms with Crippen LogP contribution in [-0.4, -0.2) is 30.5 Å². The number of hydrogen-bond donors (Lipinski definition) is 3. The fourth-order valence-electron chi connectivity index (χ4n) is 3.28. The maximum absolute atomic E-state index is 12.3. The summed E-state index contributed by atoms with van der Waals surface area (Å²) in [6.07, 6.45) is 2.27. The van der Waals surface area contributed by atoms with Crippen LogP contribution in [0.5, 0.6) is 5.75 Å². The fourth-order valence-corrected chi connectivity index (χ4v) is 3.28. The summed E-state index contributed by atoms with van der Waals surface area (Å²) in [4.78, 5) is 36.6. The van der Waals surface area contributed by atoms with Gasteiger partial charge in [-0.3, -0.25) is 14.4 Å². The fraction of sp³-hybridized carbons (Fsp3) is 0.185. The maximum Gasteiger partial charge on any atom is 0.329 e. The van der Waals surface area contributed by atoms with Gasteiger partial charge in [-0.05, 0) is 61.2 Å². The normalized spacial score (nSPS) is 10.6. The zero-order chi connectivity index (χ0) is 25.2. The predicted octanol–water partition coefficient (Wildman–Crippen LogP) is 3.97. The molecule has 3 aromatic rings. The van der Waals surface area contributed by atoms with Gasteiger partial charge in [-0.15, -0.1) is 0 Å². The van der Waals surface area contributed by atoms with E-state index in [2.05, 4.69) is 28.1 Å². The minimum absolute atomic E-state index is 0.203. The Morgan fingerprint density at radius 3 is 2.23 bits per heavy atom. The minimum Gasteiger partial charge on any atom is -0.483 e. The lowest BCUT2D eigenvalue weighted by atomic mass is 10.1. The summed E-state index contributed by atoms with van der Waals surface area (Å²) >= 11 is 0. The molecule has 3 amide bonds. The SMILES string of the molecule is CCc1ccc(NC(=O)COc2ccccc2/C=N\NC(=O)C(=O)Nc2c(C)cccc2C)cc1. The van der Waals surface area contributed by atoms with E-state index in [4.69, 9.17) is 4.74 Å². The van der Waals surface area contributed by atoms with Crippen molar-refractivity contribution in [3.63, 3.8) is 0 Å². The number of nitrogens with zero attached hydrogens (tertiary/aromatic N) is 1. The first kappa shape index (κ1) is 25.2. The van der Waals surface area contributed by atoms with Crippen LogP contribution in [0, 0.1) is 13.8 Å². The number of benzene rings is 3. The molecule has 0 atom stereocenters. The number of anilines is 2. The topological polar surface area (TPSA) is 109 Å². The third-order valence-corrected chi connectivity index (χ3v) is 5.22. The van der Waals surface area contributed by atoms with E-state index in [0.717, 1.165) is 17.5 Å². The zero-order valence-corrected chi connectivity index (χ0v) is 19.9. The van der Waals surface area contributed by atoms with Gasteiger partial charge in [-0.25, -0.2) is 5.43 Å². The molecule has 35 heavy (non-hydrogen) atoms. The summed E-state index contributed by atoms with van der Waals surface area (Å²) in [6, 6.07) is 20.1. The number of hydrazone groups is 1. The van der Waals surface area contributed by atoms with Crippen molar-refractivity contribution in [3.8, 4) is 5.75 Å². The molecule has 0 bridgehead atoms. The molecular formula is C27H28N4O4. The molecule has 0 aliphatic rings. The summed E-state index contributed by atoms with van der Waals surface area (Å²) in [5, 5.41) is 9.24. The first-order valence-electron chi connectivity index (χ1n) is 11.2. The number of para-hydroxylation sites is 2. The lowest BCUT2D eigenvalue weighted by Gasteiger charge is -2.11. The summed E-state index contributed by atoms with van der Waals surface area (Å²) < 4.78 is 5.63. The van der Waals surface area contributed by atoms with Gasteiger partial charge in [-0.1, -0.05) is 49.4 Å². The van der Waals surface area contributed by atoms with Gasteiger partial charge in [0.2, 0.25) is 0 Å². The summed E-state index contributed by atoms with van der Waals surface area (Å²) in [5.74, 6) is -1.64. The van der Waals surface area contributed by atoms with Crippen LogP contribution in [0.1, 0.15) is 29.2 Å². The van der Waals surface area contributed by atoms with Crippen molar-refractivity contribution in [1.29, 1.82) is 0 Å². The number of aryl methyl sites for hydroxylation is 3. The van der Waals surface area contributed by atoms with Crippen LogP contribution in [0.4, 0.5) is 11.4 Å². The molecule has 8 nitrogen and oxygen atoms in total. The number of rotatable bonds is 8. The molecule has 8 heteroatoms. The third-order valence-electron chi connectivity index (χ3n) is 5.22. The molecule has 0 radical (unpaired) electrons. The molecule has 0 aliphatic carbocycles. The average Bonchev–Trinajstić information content (AvgIpc) is 2.86. The van der Waals surface area contributed by atoms with E-state index in [1.54, 1.807) is 24.3 Å². The Bertz CT molecular complexity index is 1220. The number of carbonyl (C=O) groups excluding carboxylic acids is 3. The van der Waals surface area contributed by atoms with Crippen LogP contribution in [0.3, 0.4) is 0 Å². The molecule has 3 N–H and O–H groups in total. The largest absolute Gasteiger partial charge is 0.483 e. The van der Waals surface area contributed by atoms with Crippen molar-refractivity contribution in [1.82, 2.24) is 5.43 Å². The first-order valence-corrected chi connectivity index (χ1v) is 11.2. The van der Waals surface area contributed by atoms with E-state index in [1.807, 2.05) is 56.3 Å². The smallest absolute Gasteiger partial charge is 0.329 e. The molecule has 0 fully saturated rings. The Balaban J connectivity index is 1.54. The van der Waals surface area contributed by atoms with Crippen LogP contribution in [0.2, 0.25) is 0 Å². The van der Waals surface area contributed by atoms with Crippen molar-refractivity contribution < 1.29 is 19.1 Å². The van der Waals surface area contributed by atoms with Crippen LogP contribution >= 0.6 is 0 Å². The molecule has 3 aromatic carbocycles. The highest BCUT2D eigenvalue weighted by atomic mass is 16.5. The van der Waals surface area contributed by atoms with Gasteiger partial charge in [0.1, 0.15) is 5.75 Å². The second-order valence-corrected chi connectivity index (χ2v) is 7.85. The van der Waals surface area contributed by atoms with Crippen molar-refractivity contribution in [2.75, 3.05) is 17.2 Å². The van der Waals surface area contributed by atoms with Crippen LogP contribution < -0.4 is 20.8 Å². The Kier molecular flexibility index (Phi) is 8.72. The Hall–Kier alpha value is -4.46. The number of ether oxygens (including phenoxy) is 1. The molecule has 180 valence electrons. The predicted molar refractivity (Wildman–Crippen MR) is 137 cm³/mol. The second kappa shape index (κ2) is 12.1. The summed E-state index contributed by atoms with van der Waals surface area (Å²) in [5.41, 5.74) is 6.90. The molecular weight excluding hydrogens is 444 g/mol. The zero-order valence-electron chi connectivity index (χ0n) is 19.9. The number of hydrogen-bond acceptors (Lipinski definition) is 5. The highest BCUT2D eigenvalue weighted by Gasteiger charge is 2.15. The highest BCUT2D eigenvalue weighted by molar-refractivity contribution is 6.39. The quantitative estimate of drug-likeness (QED) is 0.262. The van der Waals surface area contributed by atoms with E-state index in [-0.39, 0.29) is 12.5 Å². The van der Waals surface area contributed by atoms with Gasteiger partial charge >= 0.3 is 11.8 Å². The van der Waals surface area contributed by atoms with Gasteiger partial charge in [0, 0.05) is 16.9 Å². The minimum atomic E-state index is -0.907. The van der Waals surface area contributed by atoms with Crippen LogP contribution in [0.15, 0.2) is 71.8 Å². The molecule has 0 saturated carbocycles. The van der Waals surface area contributed by atoms with Gasteiger partial charge in [0.25, 0.3) is 5.91 Å². The van der Waals surface area contributed by atoms with E-state index in [0.29, 0.717) is 22.7 Å². The third kappa shape index (κ3) is 7.26. The standard InChI is InChI=1S/C27H28N4O4/c1-4-20-12-14-22(15-13-20)29-24(32)17-35-23-11-6-5-10-21(23)16-28-31-27(34)26(33)30-25-18(2)8-7-9-19(25)3/h5-16H,4,17H2,1-3H3,(H,29,32)(H,30,33)(H,31,34)/b28-16-. The van der Waals surface area contributed by atoms with E-state index < -0.39 is 11.8 Å². The lowest BCUT2D eigenvalue weighted by Crippen LogP contribution is -2.32. The summed E-state index contributed by atoms with van der Waals surface area (Å²) in [6.45, 7) is 5.55. The molecule has 0 saturated heterocycles. The van der Waals surface area contributed by atoms with E-state index in [9.17, 15) is 14.4 Å². The average molecular weight is 473 g/mol. The molecule has 0 aromatic heterocycles. The molecule has 0 heterocycles. The first-order chi connectivity index (χ1) is 16.9. The Labute approximate surface area is 204 Å². The van der Waals surface area contributed by atoms with Crippen LogP contribution in [-0.2, 0) is 20.8 Å². The molecule has 3 rings (SSSR count). The molecule has 0 aliphatic heterocycles. The lowest BCUT2D eigenvalue weighted by molar-refractivity contribution is -0.136. The van der Waals surface area contributed by atoms with Crippen LogP contribution in [0.25, 0.3) is 0 Å². The highest BCUT2D eigenvalue weighted by Crippen LogP contribution is 2.19. The Morgan fingerprint density at radius 2 is 1.54 bits per heavy atom. The number of nitrogens with one attached hydrogen (secondary N) is 3. The van der Waals surface area contributed by atoms with Crippen molar-refractivity contribution >= 4 is 35.3 Å².